The zero-order chi connectivity index (χ0) is 12.5. The summed E-state index contributed by atoms with van der Waals surface area (Å²) in [5.74, 6) is 0. The van der Waals surface area contributed by atoms with Crippen LogP contribution in [0.25, 0.3) is 0 Å². The van der Waals surface area contributed by atoms with Gasteiger partial charge in [-0.2, -0.15) is 0 Å². The smallest absolute Gasteiger partial charge is 0.0950 e. The Morgan fingerprint density at radius 2 is 2.35 bits per heavy atom. The maximum atomic E-state index is 5.74. The lowest BCUT2D eigenvalue weighted by atomic mass is 9.64. The summed E-state index contributed by atoms with van der Waals surface area (Å²) in [7, 11) is 0. The van der Waals surface area contributed by atoms with E-state index in [0.29, 0.717) is 18.2 Å². The van der Waals surface area contributed by atoms with Crippen molar-refractivity contribution in [3.8, 4) is 0 Å². The third kappa shape index (κ3) is 2.40. The van der Waals surface area contributed by atoms with Gasteiger partial charge in [0.1, 0.15) is 0 Å². The first-order valence-electron chi connectivity index (χ1n) is 6.45. The Bertz CT molecular complexity index is 345. The standard InChI is InChI=1S/C14H23NO2/c1-5-17-13-8-12(14(13,3)4)15-10(2)11-6-7-16-9-11/h6-7,9-10,12-13,15H,5,8H2,1-4H3. The molecule has 3 unspecified atom stereocenters. The molecule has 96 valence electrons. The van der Waals surface area contributed by atoms with Crippen molar-refractivity contribution in [1.82, 2.24) is 5.32 Å². The average molecular weight is 237 g/mol. The van der Waals surface area contributed by atoms with E-state index in [1.165, 1.54) is 5.56 Å². The van der Waals surface area contributed by atoms with E-state index in [9.17, 15) is 0 Å². The zero-order valence-electron chi connectivity index (χ0n) is 11.2. The van der Waals surface area contributed by atoms with Crippen molar-refractivity contribution in [2.24, 2.45) is 5.41 Å². The first kappa shape index (κ1) is 12.7. The predicted molar refractivity (Wildman–Crippen MR) is 67.9 cm³/mol. The molecule has 1 aromatic heterocycles. The maximum absolute atomic E-state index is 5.74. The van der Waals surface area contributed by atoms with E-state index >= 15 is 0 Å². The Hall–Kier alpha value is -0.800. The second kappa shape index (κ2) is 4.83. The van der Waals surface area contributed by atoms with Crippen LogP contribution in [-0.4, -0.2) is 18.8 Å². The lowest BCUT2D eigenvalue weighted by Crippen LogP contribution is -2.61. The van der Waals surface area contributed by atoms with E-state index in [1.54, 1.807) is 6.26 Å². The summed E-state index contributed by atoms with van der Waals surface area (Å²) in [6.45, 7) is 9.59. The Morgan fingerprint density at radius 1 is 1.59 bits per heavy atom. The molecule has 0 spiro atoms. The van der Waals surface area contributed by atoms with E-state index in [4.69, 9.17) is 9.15 Å². The van der Waals surface area contributed by atoms with Gasteiger partial charge >= 0.3 is 0 Å². The average Bonchev–Trinajstić information content (AvgIpc) is 2.81. The van der Waals surface area contributed by atoms with Gasteiger partial charge in [0.15, 0.2) is 0 Å². The van der Waals surface area contributed by atoms with Crippen LogP contribution in [-0.2, 0) is 4.74 Å². The van der Waals surface area contributed by atoms with Crippen molar-refractivity contribution >= 4 is 0 Å². The molecule has 0 radical (unpaired) electrons. The fourth-order valence-electron chi connectivity index (χ4n) is 2.57. The van der Waals surface area contributed by atoms with E-state index in [1.807, 2.05) is 12.3 Å². The third-order valence-corrected chi connectivity index (χ3v) is 4.04. The lowest BCUT2D eigenvalue weighted by Gasteiger charge is -2.52. The highest BCUT2D eigenvalue weighted by molar-refractivity contribution is 5.13. The molecule has 1 N–H and O–H groups in total. The first-order chi connectivity index (χ1) is 8.05. The number of nitrogens with one attached hydrogen (secondary N) is 1. The van der Waals surface area contributed by atoms with Gasteiger partial charge in [-0.15, -0.1) is 0 Å². The van der Waals surface area contributed by atoms with Gasteiger partial charge < -0.3 is 14.5 Å². The van der Waals surface area contributed by atoms with Crippen LogP contribution >= 0.6 is 0 Å². The summed E-state index contributed by atoms with van der Waals surface area (Å²) in [4.78, 5) is 0. The van der Waals surface area contributed by atoms with Crippen LogP contribution in [0.2, 0.25) is 0 Å². The van der Waals surface area contributed by atoms with E-state index < -0.39 is 0 Å². The second-order valence-electron chi connectivity index (χ2n) is 5.50. The summed E-state index contributed by atoms with van der Waals surface area (Å²) in [5.41, 5.74) is 1.43. The SMILES string of the molecule is CCOC1CC(NC(C)c2ccoc2)C1(C)C. The largest absolute Gasteiger partial charge is 0.472 e. The summed E-state index contributed by atoms with van der Waals surface area (Å²) >= 11 is 0. The normalized spacial score (nSPS) is 28.7. The third-order valence-electron chi connectivity index (χ3n) is 4.04. The number of furan rings is 1. The van der Waals surface area contributed by atoms with Gasteiger partial charge in [-0.25, -0.2) is 0 Å². The van der Waals surface area contributed by atoms with Crippen LogP contribution in [0.4, 0.5) is 0 Å². The summed E-state index contributed by atoms with van der Waals surface area (Å²) in [5, 5.41) is 3.66. The van der Waals surface area contributed by atoms with Gasteiger partial charge in [-0.3, -0.25) is 0 Å². The second-order valence-corrected chi connectivity index (χ2v) is 5.50. The molecule has 3 heteroatoms. The molecule has 1 aliphatic carbocycles. The summed E-state index contributed by atoms with van der Waals surface area (Å²) in [6.07, 6.45) is 5.02. The van der Waals surface area contributed by atoms with Gasteiger partial charge in [0.25, 0.3) is 0 Å². The van der Waals surface area contributed by atoms with Crippen LogP contribution in [0.3, 0.4) is 0 Å². The molecule has 2 rings (SSSR count). The molecule has 0 aliphatic heterocycles. The molecule has 1 fully saturated rings. The number of ether oxygens (including phenoxy) is 1. The van der Waals surface area contributed by atoms with Crippen LogP contribution in [0.5, 0.6) is 0 Å². The van der Waals surface area contributed by atoms with Gasteiger partial charge in [0.2, 0.25) is 0 Å². The molecular formula is C14H23NO2. The molecular weight excluding hydrogens is 214 g/mol. The monoisotopic (exact) mass is 237 g/mol. The molecule has 0 saturated heterocycles. The van der Waals surface area contributed by atoms with Gasteiger partial charge in [0, 0.05) is 29.7 Å². The molecule has 1 aliphatic rings. The van der Waals surface area contributed by atoms with Crippen LogP contribution in [0.15, 0.2) is 23.0 Å². The molecule has 1 aromatic rings. The quantitative estimate of drug-likeness (QED) is 0.854. The molecule has 0 amide bonds. The molecule has 1 saturated carbocycles. The van der Waals surface area contributed by atoms with Crippen molar-refractivity contribution in [2.75, 3.05) is 6.61 Å². The van der Waals surface area contributed by atoms with Crippen molar-refractivity contribution in [1.29, 1.82) is 0 Å². The lowest BCUT2D eigenvalue weighted by molar-refractivity contribution is -0.116. The van der Waals surface area contributed by atoms with Crippen molar-refractivity contribution in [2.45, 2.75) is 52.3 Å². The minimum Gasteiger partial charge on any atom is -0.472 e. The van der Waals surface area contributed by atoms with E-state index in [-0.39, 0.29) is 5.41 Å². The predicted octanol–water partition coefficient (Wildman–Crippen LogP) is 3.13. The Labute approximate surface area is 104 Å². The summed E-state index contributed by atoms with van der Waals surface area (Å²) in [6, 6.07) is 2.87. The fourth-order valence-corrected chi connectivity index (χ4v) is 2.57. The van der Waals surface area contributed by atoms with Crippen molar-refractivity contribution < 1.29 is 9.15 Å². The Kier molecular flexibility index (Phi) is 3.59. The molecule has 0 bridgehead atoms. The van der Waals surface area contributed by atoms with Crippen LogP contribution in [0.1, 0.15) is 45.7 Å². The highest BCUT2D eigenvalue weighted by Crippen LogP contribution is 2.43. The Balaban J connectivity index is 1.89. The number of rotatable bonds is 5. The minimum atomic E-state index is 0.216. The molecule has 1 heterocycles. The fraction of sp³-hybridized carbons (Fsp3) is 0.714. The van der Waals surface area contributed by atoms with Crippen molar-refractivity contribution in [3.05, 3.63) is 24.2 Å². The maximum Gasteiger partial charge on any atom is 0.0950 e. The molecule has 17 heavy (non-hydrogen) atoms. The number of hydrogen-bond donors (Lipinski definition) is 1. The van der Waals surface area contributed by atoms with Crippen molar-refractivity contribution in [3.63, 3.8) is 0 Å². The van der Waals surface area contributed by atoms with E-state index in [0.717, 1.165) is 13.0 Å². The topological polar surface area (TPSA) is 34.4 Å². The van der Waals surface area contributed by atoms with Gasteiger partial charge in [0.05, 0.1) is 18.6 Å². The van der Waals surface area contributed by atoms with Crippen LogP contribution < -0.4 is 5.32 Å². The van der Waals surface area contributed by atoms with Crippen LogP contribution in [0, 0.1) is 5.41 Å². The molecule has 0 aromatic carbocycles. The summed E-state index contributed by atoms with van der Waals surface area (Å²) < 4.78 is 10.9. The highest BCUT2D eigenvalue weighted by atomic mass is 16.5. The van der Waals surface area contributed by atoms with E-state index in [2.05, 4.69) is 33.0 Å². The zero-order valence-corrected chi connectivity index (χ0v) is 11.2. The molecule has 3 nitrogen and oxygen atoms in total. The highest BCUT2D eigenvalue weighted by Gasteiger charge is 2.49. The molecule has 3 atom stereocenters. The minimum absolute atomic E-state index is 0.216. The number of hydrogen-bond acceptors (Lipinski definition) is 3. The Morgan fingerprint density at radius 3 is 2.88 bits per heavy atom. The van der Waals surface area contributed by atoms with Gasteiger partial charge in [-0.05, 0) is 26.3 Å². The first-order valence-corrected chi connectivity index (χ1v) is 6.45. The van der Waals surface area contributed by atoms with Gasteiger partial charge in [-0.1, -0.05) is 13.8 Å².